The maximum Gasteiger partial charge on any atom is 0.387 e. The molecular formula is C23H24F2N4O3S. The molecule has 0 radical (unpaired) electrons. The minimum atomic E-state index is -2.92. The Kier molecular flexibility index (Phi) is 7.43. The minimum Gasteiger partial charge on any atom is -0.493 e. The third-order valence-corrected chi connectivity index (χ3v) is 6.06. The van der Waals surface area contributed by atoms with E-state index in [9.17, 15) is 13.6 Å². The largest absolute Gasteiger partial charge is 0.493 e. The fraction of sp³-hybridized carbons (Fsp3) is 0.348. The van der Waals surface area contributed by atoms with Crippen LogP contribution < -0.4 is 14.8 Å². The Morgan fingerprint density at radius 3 is 2.67 bits per heavy atom. The van der Waals surface area contributed by atoms with Gasteiger partial charge in [-0.3, -0.25) is 9.36 Å². The molecule has 0 spiro atoms. The van der Waals surface area contributed by atoms with Gasteiger partial charge in [-0.2, -0.15) is 8.78 Å². The number of aromatic nitrogens is 3. The van der Waals surface area contributed by atoms with E-state index in [1.54, 1.807) is 12.1 Å². The summed E-state index contributed by atoms with van der Waals surface area (Å²) in [6.45, 7) is -2.52. The molecule has 1 aliphatic rings. The fourth-order valence-corrected chi connectivity index (χ4v) is 4.18. The smallest absolute Gasteiger partial charge is 0.387 e. The van der Waals surface area contributed by atoms with Gasteiger partial charge in [0.1, 0.15) is 5.82 Å². The number of amides is 1. The van der Waals surface area contributed by atoms with Crippen LogP contribution in [0.15, 0.2) is 53.7 Å². The lowest BCUT2D eigenvalue weighted by molar-refractivity contribution is -0.118. The van der Waals surface area contributed by atoms with Gasteiger partial charge in [-0.05, 0) is 49.1 Å². The number of halogens is 2. The predicted octanol–water partition coefficient (Wildman–Crippen LogP) is 4.21. The zero-order valence-electron chi connectivity index (χ0n) is 18.0. The molecule has 1 fully saturated rings. The van der Waals surface area contributed by atoms with Crippen LogP contribution in [0.2, 0.25) is 0 Å². The Hall–Kier alpha value is -3.14. The van der Waals surface area contributed by atoms with Crippen molar-refractivity contribution in [2.24, 2.45) is 0 Å². The first kappa shape index (κ1) is 23.0. The van der Waals surface area contributed by atoms with Gasteiger partial charge in [-0.1, -0.05) is 36.0 Å². The summed E-state index contributed by atoms with van der Waals surface area (Å²) in [5.41, 5.74) is 1.82. The molecule has 4 rings (SSSR count). The van der Waals surface area contributed by atoms with Crippen LogP contribution in [0.3, 0.4) is 0 Å². The van der Waals surface area contributed by atoms with E-state index in [-0.39, 0.29) is 23.2 Å². The molecule has 1 amide bonds. The van der Waals surface area contributed by atoms with Crippen molar-refractivity contribution in [2.45, 2.75) is 36.9 Å². The van der Waals surface area contributed by atoms with Gasteiger partial charge in [0.25, 0.3) is 0 Å². The van der Waals surface area contributed by atoms with Crippen LogP contribution in [0.1, 0.15) is 30.1 Å². The number of para-hydroxylation sites is 1. The van der Waals surface area contributed by atoms with E-state index >= 15 is 0 Å². The second-order valence-electron chi connectivity index (χ2n) is 7.54. The van der Waals surface area contributed by atoms with Gasteiger partial charge in [0, 0.05) is 18.2 Å². The molecule has 3 aromatic rings. The van der Waals surface area contributed by atoms with E-state index in [4.69, 9.17) is 4.74 Å². The van der Waals surface area contributed by atoms with Gasteiger partial charge in [0.05, 0.1) is 12.9 Å². The van der Waals surface area contributed by atoms with Gasteiger partial charge in [0.2, 0.25) is 5.91 Å². The summed E-state index contributed by atoms with van der Waals surface area (Å²) >= 11 is 1.35. The van der Waals surface area contributed by atoms with Crippen LogP contribution in [0.25, 0.3) is 5.69 Å². The SMILES string of the molecule is COc1cc(CCNC(=O)CSc2nnc(C3CC3)n2-c2ccccc2)ccc1OC(F)F. The molecule has 0 saturated heterocycles. The molecule has 0 bridgehead atoms. The van der Waals surface area contributed by atoms with Crippen molar-refractivity contribution in [3.05, 3.63) is 59.9 Å². The molecule has 10 heteroatoms. The average molecular weight is 475 g/mol. The molecule has 0 aliphatic heterocycles. The first-order chi connectivity index (χ1) is 16.0. The van der Waals surface area contributed by atoms with E-state index in [1.165, 1.54) is 24.9 Å². The second-order valence-corrected chi connectivity index (χ2v) is 8.48. The lowest BCUT2D eigenvalue weighted by Gasteiger charge is -2.12. The summed E-state index contributed by atoms with van der Waals surface area (Å²) in [5, 5.41) is 12.3. The van der Waals surface area contributed by atoms with E-state index in [1.807, 2.05) is 34.9 Å². The summed E-state index contributed by atoms with van der Waals surface area (Å²) in [6.07, 6.45) is 2.74. The number of hydrogen-bond donors (Lipinski definition) is 1. The van der Waals surface area contributed by atoms with Crippen molar-refractivity contribution in [1.82, 2.24) is 20.1 Å². The van der Waals surface area contributed by atoms with Crippen molar-refractivity contribution in [2.75, 3.05) is 19.4 Å². The highest BCUT2D eigenvalue weighted by Gasteiger charge is 2.31. The molecule has 1 saturated carbocycles. The number of nitrogens with one attached hydrogen (secondary N) is 1. The monoisotopic (exact) mass is 474 g/mol. The summed E-state index contributed by atoms with van der Waals surface area (Å²) < 4.78 is 36.5. The van der Waals surface area contributed by atoms with Crippen molar-refractivity contribution in [1.29, 1.82) is 0 Å². The molecule has 1 heterocycles. The maximum atomic E-state index is 12.5. The lowest BCUT2D eigenvalue weighted by Crippen LogP contribution is -2.27. The lowest BCUT2D eigenvalue weighted by atomic mass is 10.1. The number of nitrogens with zero attached hydrogens (tertiary/aromatic N) is 3. The number of rotatable bonds is 11. The number of carbonyl (C=O) groups excluding carboxylic acids is 1. The molecule has 1 N–H and O–H groups in total. The van der Waals surface area contributed by atoms with Crippen molar-refractivity contribution >= 4 is 17.7 Å². The number of benzene rings is 2. The normalized spacial score (nSPS) is 13.2. The van der Waals surface area contributed by atoms with Crippen molar-refractivity contribution in [3.63, 3.8) is 0 Å². The third-order valence-electron chi connectivity index (χ3n) is 5.13. The van der Waals surface area contributed by atoms with Crippen molar-refractivity contribution < 1.29 is 23.0 Å². The highest BCUT2D eigenvalue weighted by Crippen LogP contribution is 2.41. The summed E-state index contributed by atoms with van der Waals surface area (Å²) in [6, 6.07) is 14.6. The number of ether oxygens (including phenoxy) is 2. The van der Waals surface area contributed by atoms with Gasteiger partial charge in [-0.15, -0.1) is 10.2 Å². The van der Waals surface area contributed by atoms with Gasteiger partial charge in [-0.25, -0.2) is 0 Å². The number of carbonyl (C=O) groups is 1. The molecule has 0 atom stereocenters. The van der Waals surface area contributed by atoms with Crippen LogP contribution in [-0.2, 0) is 11.2 Å². The Balaban J connectivity index is 1.31. The maximum absolute atomic E-state index is 12.5. The molecule has 7 nitrogen and oxygen atoms in total. The molecule has 0 unspecified atom stereocenters. The first-order valence-corrected chi connectivity index (χ1v) is 11.6. The number of alkyl halides is 2. The number of methoxy groups -OCH3 is 1. The highest BCUT2D eigenvalue weighted by atomic mass is 32.2. The van der Waals surface area contributed by atoms with Crippen LogP contribution in [0, 0.1) is 0 Å². The zero-order valence-corrected chi connectivity index (χ0v) is 18.9. The fourth-order valence-electron chi connectivity index (χ4n) is 3.39. The van der Waals surface area contributed by atoms with E-state index in [0.717, 1.165) is 29.9 Å². The average Bonchev–Trinajstić information content (AvgIpc) is 3.57. The molecule has 2 aromatic carbocycles. The molecular weight excluding hydrogens is 450 g/mol. The highest BCUT2D eigenvalue weighted by molar-refractivity contribution is 7.99. The van der Waals surface area contributed by atoms with E-state index in [0.29, 0.717) is 24.0 Å². The Bertz CT molecular complexity index is 1090. The van der Waals surface area contributed by atoms with Crippen molar-refractivity contribution in [3.8, 4) is 17.2 Å². The Morgan fingerprint density at radius 1 is 1.18 bits per heavy atom. The molecule has 1 aliphatic carbocycles. The summed E-state index contributed by atoms with van der Waals surface area (Å²) in [4.78, 5) is 12.4. The zero-order chi connectivity index (χ0) is 23.2. The first-order valence-electron chi connectivity index (χ1n) is 10.6. The second kappa shape index (κ2) is 10.7. The minimum absolute atomic E-state index is 0.0234. The molecule has 33 heavy (non-hydrogen) atoms. The van der Waals surface area contributed by atoms with Gasteiger partial charge < -0.3 is 14.8 Å². The van der Waals surface area contributed by atoms with Crippen LogP contribution >= 0.6 is 11.8 Å². The summed E-state index contributed by atoms with van der Waals surface area (Å²) in [5.74, 6) is 1.65. The van der Waals surface area contributed by atoms with Crippen LogP contribution in [0.5, 0.6) is 11.5 Å². The Morgan fingerprint density at radius 2 is 1.97 bits per heavy atom. The standard InChI is InChI=1S/C23H24F2N4O3S/c1-31-19-13-15(7-10-18(19)32-22(24)25)11-12-26-20(30)14-33-23-28-27-21(16-8-9-16)29(23)17-5-3-2-4-6-17/h2-7,10,13,16,22H,8-9,11-12,14H2,1H3,(H,26,30). The molecule has 174 valence electrons. The number of hydrogen-bond acceptors (Lipinski definition) is 6. The van der Waals surface area contributed by atoms with Crippen LogP contribution in [0.4, 0.5) is 8.78 Å². The summed E-state index contributed by atoms with van der Waals surface area (Å²) in [7, 11) is 1.39. The Labute approximate surface area is 194 Å². The quantitative estimate of drug-likeness (QED) is 0.420. The van der Waals surface area contributed by atoms with E-state index in [2.05, 4.69) is 20.3 Å². The van der Waals surface area contributed by atoms with Gasteiger partial charge >= 0.3 is 6.61 Å². The van der Waals surface area contributed by atoms with Gasteiger partial charge in [0.15, 0.2) is 16.7 Å². The van der Waals surface area contributed by atoms with E-state index < -0.39 is 6.61 Å². The third kappa shape index (κ3) is 6.01. The topological polar surface area (TPSA) is 78.3 Å². The predicted molar refractivity (Wildman–Crippen MR) is 120 cm³/mol. The van der Waals surface area contributed by atoms with Crippen LogP contribution in [-0.4, -0.2) is 46.7 Å². The number of thioether (sulfide) groups is 1. The molecule has 1 aromatic heterocycles.